The topological polar surface area (TPSA) is 119 Å². The fourth-order valence-electron chi connectivity index (χ4n) is 2.10. The van der Waals surface area contributed by atoms with Crippen molar-refractivity contribution >= 4 is 17.5 Å². The van der Waals surface area contributed by atoms with Crippen molar-refractivity contribution in [3.63, 3.8) is 0 Å². The molecule has 0 spiro atoms. The average molecular weight is 348 g/mol. The lowest BCUT2D eigenvalue weighted by atomic mass is 10.0. The van der Waals surface area contributed by atoms with E-state index in [1.807, 2.05) is 0 Å². The van der Waals surface area contributed by atoms with Crippen molar-refractivity contribution in [2.24, 2.45) is 5.92 Å². The lowest BCUT2D eigenvalue weighted by Crippen LogP contribution is -2.26. The zero-order valence-corrected chi connectivity index (χ0v) is 14.5. The highest BCUT2D eigenvalue weighted by atomic mass is 16.5. The largest absolute Gasteiger partial charge is 0.493 e. The van der Waals surface area contributed by atoms with Crippen LogP contribution in [0.3, 0.4) is 0 Å². The molecule has 1 unspecified atom stereocenters. The summed E-state index contributed by atoms with van der Waals surface area (Å²) in [5.41, 5.74) is 0.459. The highest BCUT2D eigenvalue weighted by Gasteiger charge is 2.22. The van der Waals surface area contributed by atoms with E-state index in [9.17, 15) is 9.59 Å². The van der Waals surface area contributed by atoms with Crippen LogP contribution >= 0.6 is 0 Å². The van der Waals surface area contributed by atoms with Crippen LogP contribution in [0.5, 0.6) is 17.2 Å². The summed E-state index contributed by atoms with van der Waals surface area (Å²) in [6.07, 6.45) is -0.120. The second-order valence-corrected chi connectivity index (χ2v) is 5.08. The summed E-state index contributed by atoms with van der Waals surface area (Å²) in [6.45, 7) is 0.793. The number of hydrogen-bond donors (Lipinski definition) is 1. The minimum Gasteiger partial charge on any atom is -0.493 e. The monoisotopic (exact) mass is 348 g/mol. The van der Waals surface area contributed by atoms with E-state index < -0.39 is 24.3 Å². The van der Waals surface area contributed by atoms with Crippen LogP contribution in [0.1, 0.15) is 12.5 Å². The highest BCUT2D eigenvalue weighted by molar-refractivity contribution is 6.06. The molecule has 0 aromatic heterocycles. The summed E-state index contributed by atoms with van der Waals surface area (Å²) in [6, 6.07) is 4.91. The molecule has 0 bridgehead atoms. The Hall–Kier alpha value is -3.08. The molecule has 134 valence electrons. The third kappa shape index (κ3) is 5.21. The lowest BCUT2D eigenvalue weighted by Gasteiger charge is -2.14. The molecule has 8 heteroatoms. The van der Waals surface area contributed by atoms with Gasteiger partial charge in [-0.2, -0.15) is 5.26 Å². The number of nitriles is 1. The molecule has 1 N–H and O–H groups in total. The van der Waals surface area contributed by atoms with Gasteiger partial charge in [-0.1, -0.05) is 0 Å². The second-order valence-electron chi connectivity index (χ2n) is 5.08. The molecule has 0 saturated heterocycles. The van der Waals surface area contributed by atoms with Gasteiger partial charge in [-0.25, -0.2) is 0 Å². The Balaban J connectivity index is 2.79. The highest BCUT2D eigenvalue weighted by Crippen LogP contribution is 2.38. The zero-order valence-electron chi connectivity index (χ0n) is 14.5. The normalized spacial score (nSPS) is 11.0. The van der Waals surface area contributed by atoms with Gasteiger partial charge in [0.2, 0.25) is 5.75 Å². The van der Waals surface area contributed by atoms with Gasteiger partial charge < -0.3 is 24.4 Å². The average Bonchev–Trinajstić information content (AvgIpc) is 2.59. The number of carbonyl (C=O) groups excluding carboxylic acids is 2. The Morgan fingerprint density at radius 1 is 1.16 bits per heavy atom. The van der Waals surface area contributed by atoms with Crippen LogP contribution < -0.4 is 14.2 Å². The molecule has 0 aliphatic carbocycles. The Morgan fingerprint density at radius 3 is 2.12 bits per heavy atom. The number of Topliss-reactive ketones (excluding diaryl/α,β-unsaturated/α-hetero) is 1. The minimum absolute atomic E-state index is 0.0897. The van der Waals surface area contributed by atoms with Gasteiger partial charge in [0.1, 0.15) is 5.92 Å². The number of methoxy groups -OCH3 is 3. The molecule has 1 aromatic carbocycles. The predicted molar refractivity (Wildman–Crippen MR) is 88.3 cm³/mol. The summed E-state index contributed by atoms with van der Waals surface area (Å²) < 4.78 is 20.5. The molecule has 0 amide bonds. The number of rotatable bonds is 9. The Morgan fingerprint density at radius 2 is 1.72 bits per heavy atom. The van der Waals surface area contributed by atoms with Crippen LogP contribution in [-0.2, 0) is 20.7 Å². The van der Waals surface area contributed by atoms with Crippen LogP contribution in [0.2, 0.25) is 0 Å². The van der Waals surface area contributed by atoms with E-state index in [0.29, 0.717) is 22.8 Å². The molecule has 8 nitrogen and oxygen atoms in total. The quantitative estimate of drug-likeness (QED) is 0.531. The van der Waals surface area contributed by atoms with Gasteiger partial charge in [0, 0.05) is 5.71 Å². The number of nitrogens with one attached hydrogen (secondary N) is 1. The molecule has 0 aliphatic rings. The summed E-state index contributed by atoms with van der Waals surface area (Å²) >= 11 is 0. The Bertz CT molecular complexity index is 683. The van der Waals surface area contributed by atoms with Crippen molar-refractivity contribution in [3.05, 3.63) is 17.7 Å². The minimum atomic E-state index is -1.20. The maximum atomic E-state index is 11.9. The molecule has 0 saturated carbocycles. The summed E-state index contributed by atoms with van der Waals surface area (Å²) in [5, 5.41) is 16.2. The van der Waals surface area contributed by atoms with Crippen molar-refractivity contribution in [1.29, 1.82) is 10.7 Å². The van der Waals surface area contributed by atoms with E-state index >= 15 is 0 Å². The van der Waals surface area contributed by atoms with Gasteiger partial charge in [0.15, 0.2) is 23.9 Å². The first-order valence-electron chi connectivity index (χ1n) is 7.29. The number of nitrogens with zero attached hydrogens (tertiary/aromatic N) is 1. The molecule has 0 fully saturated rings. The third-order valence-corrected chi connectivity index (χ3v) is 3.33. The van der Waals surface area contributed by atoms with Crippen molar-refractivity contribution < 1.29 is 28.5 Å². The van der Waals surface area contributed by atoms with E-state index in [4.69, 9.17) is 29.6 Å². The van der Waals surface area contributed by atoms with Crippen molar-refractivity contribution in [3.8, 4) is 23.3 Å². The second kappa shape index (κ2) is 9.27. The van der Waals surface area contributed by atoms with Gasteiger partial charge in [0.25, 0.3) is 0 Å². The number of ether oxygens (including phenoxy) is 4. The fourth-order valence-corrected chi connectivity index (χ4v) is 2.10. The Kier molecular flexibility index (Phi) is 7.41. The molecule has 25 heavy (non-hydrogen) atoms. The molecule has 1 aromatic rings. The van der Waals surface area contributed by atoms with Crippen LogP contribution in [0.25, 0.3) is 0 Å². The predicted octanol–water partition coefficient (Wildman–Crippen LogP) is 1.55. The molecule has 1 rings (SSSR count). The summed E-state index contributed by atoms with van der Waals surface area (Å²) in [4.78, 5) is 23.7. The lowest BCUT2D eigenvalue weighted by molar-refractivity contribution is -0.147. The molecule has 0 aliphatic heterocycles. The van der Waals surface area contributed by atoms with E-state index in [1.165, 1.54) is 28.3 Å². The van der Waals surface area contributed by atoms with Gasteiger partial charge >= 0.3 is 5.97 Å². The van der Waals surface area contributed by atoms with Gasteiger partial charge in [-0.3, -0.25) is 9.59 Å². The number of hydrogen-bond acceptors (Lipinski definition) is 8. The zero-order chi connectivity index (χ0) is 19.0. The first-order valence-corrected chi connectivity index (χ1v) is 7.29. The number of benzene rings is 1. The van der Waals surface area contributed by atoms with E-state index in [0.717, 1.165) is 0 Å². The van der Waals surface area contributed by atoms with Crippen molar-refractivity contribution in [2.45, 2.75) is 13.3 Å². The van der Waals surface area contributed by atoms with E-state index in [1.54, 1.807) is 18.2 Å². The van der Waals surface area contributed by atoms with Crippen LogP contribution in [0, 0.1) is 22.7 Å². The van der Waals surface area contributed by atoms with Crippen molar-refractivity contribution in [2.75, 3.05) is 27.9 Å². The number of esters is 1. The molecule has 0 radical (unpaired) electrons. The maximum absolute atomic E-state index is 11.9. The number of carbonyl (C=O) groups is 2. The van der Waals surface area contributed by atoms with Crippen LogP contribution in [-0.4, -0.2) is 45.4 Å². The maximum Gasteiger partial charge on any atom is 0.310 e. The van der Waals surface area contributed by atoms with Gasteiger partial charge in [-0.15, -0.1) is 0 Å². The van der Waals surface area contributed by atoms with Crippen LogP contribution in [0.4, 0.5) is 0 Å². The van der Waals surface area contributed by atoms with Gasteiger partial charge in [0.05, 0.1) is 33.8 Å². The standard InChI is InChI=1S/C17H20N2O6/c1-10(19)12(8-18)13(20)9-25-16(21)7-11-5-14(22-2)17(24-4)15(6-11)23-3/h5-6,12,19H,7,9H2,1-4H3. The molecule has 1 atom stereocenters. The first kappa shape index (κ1) is 20.0. The van der Waals surface area contributed by atoms with Gasteiger partial charge in [-0.05, 0) is 24.6 Å². The summed E-state index contributed by atoms with van der Waals surface area (Å²) in [5.74, 6) is -1.30. The molecular weight excluding hydrogens is 328 g/mol. The van der Waals surface area contributed by atoms with E-state index in [-0.39, 0.29) is 12.1 Å². The molecule has 0 heterocycles. The fraction of sp³-hybridized carbons (Fsp3) is 0.412. The Labute approximate surface area is 145 Å². The van der Waals surface area contributed by atoms with Crippen molar-refractivity contribution in [1.82, 2.24) is 0 Å². The number of ketones is 1. The molecular formula is C17H20N2O6. The third-order valence-electron chi connectivity index (χ3n) is 3.33. The SMILES string of the molecule is COc1cc(CC(=O)OCC(=O)C(C#N)C(C)=N)cc(OC)c1OC. The summed E-state index contributed by atoms with van der Waals surface area (Å²) in [7, 11) is 4.39. The smallest absolute Gasteiger partial charge is 0.310 e. The van der Waals surface area contributed by atoms with Crippen LogP contribution in [0.15, 0.2) is 12.1 Å². The first-order chi connectivity index (χ1) is 11.9. The van der Waals surface area contributed by atoms with E-state index in [2.05, 4.69) is 0 Å².